The maximum atomic E-state index is 15.0. The van der Waals surface area contributed by atoms with E-state index < -0.39 is 138 Å². The minimum Gasteiger partial charge on any atom is -0.458 e. The van der Waals surface area contributed by atoms with Crippen molar-refractivity contribution >= 4 is 95.6 Å². The summed E-state index contributed by atoms with van der Waals surface area (Å²) in [4.78, 5) is 245. The van der Waals surface area contributed by atoms with Crippen molar-refractivity contribution in [3.05, 3.63) is 0 Å². The molecule has 16 rings (SSSR count). The van der Waals surface area contributed by atoms with Gasteiger partial charge in [-0.2, -0.15) is 0 Å². The highest BCUT2D eigenvalue weighted by Crippen LogP contribution is 2.37. The number of hydrazine groups is 8. The van der Waals surface area contributed by atoms with Gasteiger partial charge in [-0.25, -0.2) is 119 Å². The van der Waals surface area contributed by atoms with Gasteiger partial charge in [-0.3, -0.25) is 38.6 Å². The Labute approximate surface area is 680 Å². The standard InChI is InChI=1S/C76H114N24O17/c1-76(2,3)117-67(108)59-27-11-36-85(59)75(116)100-51-19-44-93(100)66(107)58-26-10-35-84(58)74(115)99-50-18-43-92(99)65(106)57-25-9-34-83(57)73(114)98-49-17-42-91(98)64(105)56-24-8-33-82(56)72(113)97-48-16-41-90(97)63(104)55-23-7-32-81(55)71(112)96-47-15-40-89(96)62(103)54-22-6-31-80(54)70(111)95-46-14-39-88(95)61(102)53-21-5-30-79(53)69(110)94-45-13-38-87(94)60(101)52-20-4-29-78(52)68(109)86-37-12-28-77-86/h52-59,77H,4-51H2,1-3H3/t52-,53-,54-,55-,56-,57-,58-,59-/m0/s1. The Hall–Kier alpha value is -10.1. The van der Waals surface area contributed by atoms with E-state index in [0.29, 0.717) is 161 Å². The van der Waals surface area contributed by atoms with Crippen molar-refractivity contribution in [2.45, 2.75) is 229 Å². The summed E-state index contributed by atoms with van der Waals surface area (Å²) in [6.07, 6.45) is 10.8. The maximum Gasteiger partial charge on any atom is 0.339 e. The summed E-state index contributed by atoms with van der Waals surface area (Å²) in [6.45, 7) is 11.2. The number of ether oxygens (including phenoxy) is 1. The average molecular weight is 1640 g/mol. The van der Waals surface area contributed by atoms with E-state index in [1.807, 2.05) is 0 Å². The predicted octanol–water partition coefficient (Wildman–Crippen LogP) is 1.36. The zero-order chi connectivity index (χ0) is 82.0. The van der Waals surface area contributed by atoms with E-state index in [9.17, 15) is 71.9 Å². The average Bonchev–Trinajstić information content (AvgIpc) is 1.60. The molecule has 0 saturated carbocycles. The van der Waals surface area contributed by atoms with Crippen LogP contribution in [0.1, 0.15) is 175 Å². The summed E-state index contributed by atoms with van der Waals surface area (Å²) >= 11 is 0. The number of rotatable bonds is 8. The lowest BCUT2D eigenvalue weighted by Crippen LogP contribution is -2.62. The van der Waals surface area contributed by atoms with Crippen molar-refractivity contribution < 1.29 is 81.4 Å². The molecule has 640 valence electrons. The van der Waals surface area contributed by atoms with E-state index in [2.05, 4.69) is 5.43 Å². The second-order valence-electron chi connectivity index (χ2n) is 34.6. The highest BCUT2D eigenvalue weighted by molar-refractivity contribution is 5.97. The third-order valence-electron chi connectivity index (χ3n) is 26.3. The predicted molar refractivity (Wildman–Crippen MR) is 407 cm³/mol. The van der Waals surface area contributed by atoms with Gasteiger partial charge in [0.15, 0.2) is 0 Å². The molecule has 41 nitrogen and oxygen atoms in total. The summed E-state index contributed by atoms with van der Waals surface area (Å²) in [6, 6.07) is -11.4. The van der Waals surface area contributed by atoms with Crippen LogP contribution in [-0.2, 0) is 43.1 Å². The summed E-state index contributed by atoms with van der Waals surface area (Å²) in [5.41, 5.74) is 2.32. The lowest BCUT2D eigenvalue weighted by molar-refractivity contribution is -0.160. The molecule has 0 aromatic carbocycles. The summed E-state index contributed by atoms with van der Waals surface area (Å²) in [5, 5.41) is 20.7. The van der Waals surface area contributed by atoms with Crippen molar-refractivity contribution in [3.8, 4) is 0 Å². The molecule has 0 aromatic rings. The number of nitrogens with one attached hydrogen (secondary N) is 1. The number of esters is 1. The van der Waals surface area contributed by atoms with Crippen molar-refractivity contribution in [2.75, 3.05) is 157 Å². The molecule has 8 atom stereocenters. The number of urea groups is 8. The monoisotopic (exact) mass is 1630 g/mol. The topological polar surface area (TPSA) is 369 Å². The molecule has 41 heteroatoms. The molecule has 16 heterocycles. The van der Waals surface area contributed by atoms with Gasteiger partial charge in [0.1, 0.15) is 53.9 Å². The van der Waals surface area contributed by atoms with Gasteiger partial charge in [0.25, 0.3) is 41.4 Å². The van der Waals surface area contributed by atoms with E-state index >= 15 is 4.79 Å². The Morgan fingerprint density at radius 2 is 0.393 bits per heavy atom. The SMILES string of the molecule is CC(C)(C)OC(=O)[C@@H]1CCCN1C(=O)N1CCCN1C(=O)[C@@H]1CCCN1C(=O)N1CCCN1C(=O)[C@@H]1CCCN1C(=O)N1CCCN1C(=O)[C@@H]1CCCN1C(=O)N1CCCN1C(=O)[C@@H]1CCCN1C(=O)N1CCCN1C(=O)[C@@H]1CCCN1C(=O)N1CCCN1C(=O)[C@@H]1CCCN1C(=O)N1CCCN1C(=O)[C@@H]1CCCN1C(=O)N1CCCN1. The number of likely N-dealkylation sites (tertiary alicyclic amines) is 8. The molecular weight excluding hydrogens is 1520 g/mol. The number of nitrogens with zero attached hydrogens (tertiary/aromatic N) is 23. The first-order valence-electron chi connectivity index (χ1n) is 43.2. The van der Waals surface area contributed by atoms with Crippen molar-refractivity contribution in [2.24, 2.45) is 0 Å². The molecule has 23 amide bonds. The fourth-order valence-corrected chi connectivity index (χ4v) is 20.7. The highest BCUT2D eigenvalue weighted by Gasteiger charge is 2.55. The molecule has 16 aliphatic rings. The van der Waals surface area contributed by atoms with Crippen molar-refractivity contribution in [3.63, 3.8) is 0 Å². The van der Waals surface area contributed by atoms with Crippen LogP contribution in [0, 0.1) is 0 Å². The van der Waals surface area contributed by atoms with Crippen LogP contribution in [0.5, 0.6) is 0 Å². The van der Waals surface area contributed by atoms with E-state index in [-0.39, 0.29) is 156 Å². The number of amides is 23. The van der Waals surface area contributed by atoms with Gasteiger partial charge in [0.05, 0.1) is 0 Å². The van der Waals surface area contributed by atoms with Crippen LogP contribution < -0.4 is 5.43 Å². The highest BCUT2D eigenvalue weighted by atomic mass is 16.6. The van der Waals surface area contributed by atoms with Crippen LogP contribution in [-0.4, -0.2) is 421 Å². The number of carbonyl (C=O) groups excluding carboxylic acids is 16. The molecule has 0 aromatic heterocycles. The van der Waals surface area contributed by atoms with Crippen LogP contribution >= 0.6 is 0 Å². The zero-order valence-corrected chi connectivity index (χ0v) is 67.8. The number of hydrogen-bond donors (Lipinski definition) is 1. The smallest absolute Gasteiger partial charge is 0.339 e. The molecule has 0 aliphatic carbocycles. The lowest BCUT2D eigenvalue weighted by atomic mass is 10.1. The Morgan fingerprint density at radius 3 is 0.581 bits per heavy atom. The molecule has 0 radical (unpaired) electrons. The minimum absolute atomic E-state index is 0.146. The molecule has 1 N–H and O–H groups in total. The van der Waals surface area contributed by atoms with Crippen molar-refractivity contribution in [1.29, 1.82) is 0 Å². The molecule has 16 saturated heterocycles. The Balaban J connectivity index is 0.517. The van der Waals surface area contributed by atoms with Crippen LogP contribution in [0.25, 0.3) is 0 Å². The summed E-state index contributed by atoms with van der Waals surface area (Å²) < 4.78 is 5.65. The number of hydrogen-bond acceptors (Lipinski definition) is 18. The van der Waals surface area contributed by atoms with Gasteiger partial charge < -0.3 is 43.9 Å². The normalized spacial score (nSPS) is 27.8. The first kappa shape index (κ1) is 80.7. The maximum absolute atomic E-state index is 15.0. The fraction of sp³-hybridized carbons (Fsp3) is 0.789. The zero-order valence-electron chi connectivity index (χ0n) is 67.8. The van der Waals surface area contributed by atoms with E-state index in [1.54, 1.807) is 25.7 Å². The second kappa shape index (κ2) is 33.3. The second-order valence-corrected chi connectivity index (χ2v) is 34.6. The largest absolute Gasteiger partial charge is 0.458 e. The van der Waals surface area contributed by atoms with Crippen LogP contribution in [0.4, 0.5) is 38.4 Å². The molecule has 0 bridgehead atoms. The third-order valence-corrected chi connectivity index (χ3v) is 26.3. The molecule has 16 fully saturated rings. The van der Waals surface area contributed by atoms with Crippen LogP contribution in [0.3, 0.4) is 0 Å². The first-order valence-corrected chi connectivity index (χ1v) is 43.2. The van der Waals surface area contributed by atoms with Crippen LogP contribution in [0.15, 0.2) is 0 Å². The van der Waals surface area contributed by atoms with Crippen molar-refractivity contribution in [1.82, 2.24) is 120 Å². The van der Waals surface area contributed by atoms with Gasteiger partial charge in [0, 0.05) is 157 Å². The van der Waals surface area contributed by atoms with Gasteiger partial charge >= 0.3 is 54.2 Å². The number of carbonyl (C=O) groups is 16. The Kier molecular flexibility index (Phi) is 23.0. The fourth-order valence-electron chi connectivity index (χ4n) is 20.7. The molecule has 0 unspecified atom stereocenters. The Morgan fingerprint density at radius 1 is 0.214 bits per heavy atom. The van der Waals surface area contributed by atoms with Gasteiger partial charge in [-0.05, 0) is 175 Å². The quantitative estimate of drug-likeness (QED) is 0.335. The van der Waals surface area contributed by atoms with E-state index in [0.717, 1.165) is 6.42 Å². The summed E-state index contributed by atoms with van der Waals surface area (Å²) in [5.74, 6) is -3.65. The minimum atomic E-state index is -1.01. The van der Waals surface area contributed by atoms with Crippen LogP contribution in [0.2, 0.25) is 0 Å². The van der Waals surface area contributed by atoms with E-state index in [4.69, 9.17) is 4.74 Å². The molecule has 16 aliphatic heterocycles. The Bertz CT molecular complexity index is 3910. The van der Waals surface area contributed by atoms with Gasteiger partial charge in [-0.15, -0.1) is 0 Å². The lowest BCUT2D eigenvalue weighted by Gasteiger charge is -2.40. The van der Waals surface area contributed by atoms with E-state index in [1.165, 1.54) is 109 Å². The molecular formula is C76H114N24O17. The first-order chi connectivity index (χ1) is 56.4. The third kappa shape index (κ3) is 15.0. The van der Waals surface area contributed by atoms with Gasteiger partial charge in [-0.1, -0.05) is 0 Å². The molecule has 0 spiro atoms. The van der Waals surface area contributed by atoms with Gasteiger partial charge in [0.2, 0.25) is 0 Å². The molecule has 117 heavy (non-hydrogen) atoms. The summed E-state index contributed by atoms with van der Waals surface area (Å²) in [7, 11) is 0.